The number of halogens is 1. The minimum absolute atomic E-state index is 0.0404. The molecule has 1 aromatic rings. The summed E-state index contributed by atoms with van der Waals surface area (Å²) in [6, 6.07) is 4.49. The van der Waals surface area contributed by atoms with Gasteiger partial charge in [-0.1, -0.05) is 0 Å². The van der Waals surface area contributed by atoms with Gasteiger partial charge in [0.15, 0.2) is 0 Å². The molecule has 0 bridgehead atoms. The van der Waals surface area contributed by atoms with Crippen LogP contribution in [0, 0.1) is 0 Å². The largest absolute Gasteiger partial charge is 0.353 e. The van der Waals surface area contributed by atoms with Crippen LogP contribution in [0.3, 0.4) is 0 Å². The van der Waals surface area contributed by atoms with Crippen LogP contribution in [0.15, 0.2) is 18.2 Å². The summed E-state index contributed by atoms with van der Waals surface area (Å²) in [6.07, 6.45) is 1.63. The van der Waals surface area contributed by atoms with Crippen molar-refractivity contribution in [1.82, 2.24) is 15.1 Å². The smallest absolute Gasteiger partial charge is 0.261 e. The Morgan fingerprint density at radius 2 is 1.79 bits per heavy atom. The van der Waals surface area contributed by atoms with Crippen molar-refractivity contribution in [2.45, 2.75) is 45.2 Å². The van der Waals surface area contributed by atoms with Crippen molar-refractivity contribution in [3.05, 3.63) is 34.9 Å². The molecule has 3 rings (SSSR count). The standard InChI is InChI=1S/C20H24ClN3O4/c1-12(2)24-19(27)15-4-3-13(11-16(15)20(24)28)18(26)23-9-6-14(7-10-23)22-17(25)5-8-21/h3-4,11-12,14H,5-10H2,1-2H3,(H,22,25). The molecule has 0 aliphatic carbocycles. The zero-order valence-corrected chi connectivity index (χ0v) is 16.8. The number of carbonyl (C=O) groups excluding carboxylic acids is 4. The molecule has 0 radical (unpaired) electrons. The van der Waals surface area contributed by atoms with Gasteiger partial charge in [0.05, 0.1) is 11.1 Å². The fraction of sp³-hybridized carbons (Fsp3) is 0.500. The number of amides is 4. The first-order chi connectivity index (χ1) is 13.3. The van der Waals surface area contributed by atoms with E-state index in [1.54, 1.807) is 30.9 Å². The number of benzene rings is 1. The maximum atomic E-state index is 12.8. The average molecular weight is 406 g/mol. The minimum Gasteiger partial charge on any atom is -0.353 e. The van der Waals surface area contributed by atoms with Crippen LogP contribution in [0.25, 0.3) is 0 Å². The van der Waals surface area contributed by atoms with E-state index >= 15 is 0 Å². The molecule has 1 N–H and O–H groups in total. The number of alkyl halides is 1. The summed E-state index contributed by atoms with van der Waals surface area (Å²) in [4.78, 5) is 52.3. The second-order valence-corrected chi connectivity index (χ2v) is 7.79. The van der Waals surface area contributed by atoms with E-state index < -0.39 is 0 Å². The Morgan fingerprint density at radius 3 is 2.39 bits per heavy atom. The van der Waals surface area contributed by atoms with Crippen LogP contribution < -0.4 is 5.32 Å². The number of fused-ring (bicyclic) bond motifs is 1. The number of imide groups is 1. The maximum absolute atomic E-state index is 12.8. The Morgan fingerprint density at radius 1 is 1.14 bits per heavy atom. The van der Waals surface area contributed by atoms with Gasteiger partial charge in [-0.15, -0.1) is 11.6 Å². The monoisotopic (exact) mass is 405 g/mol. The van der Waals surface area contributed by atoms with Gasteiger partial charge < -0.3 is 10.2 Å². The number of hydrogen-bond donors (Lipinski definition) is 1. The third kappa shape index (κ3) is 3.90. The molecule has 0 saturated carbocycles. The summed E-state index contributed by atoms with van der Waals surface area (Å²) in [6.45, 7) is 4.60. The molecule has 0 unspecified atom stereocenters. The van der Waals surface area contributed by atoms with E-state index in [2.05, 4.69) is 5.32 Å². The maximum Gasteiger partial charge on any atom is 0.261 e. The van der Waals surface area contributed by atoms with Gasteiger partial charge >= 0.3 is 0 Å². The number of nitrogens with zero attached hydrogens (tertiary/aromatic N) is 2. The molecule has 150 valence electrons. The highest BCUT2D eigenvalue weighted by Crippen LogP contribution is 2.26. The van der Waals surface area contributed by atoms with Crippen molar-refractivity contribution in [3.63, 3.8) is 0 Å². The van der Waals surface area contributed by atoms with E-state index in [9.17, 15) is 19.2 Å². The summed E-state index contributed by atoms with van der Waals surface area (Å²) in [5, 5.41) is 2.93. The number of hydrogen-bond acceptors (Lipinski definition) is 4. The zero-order chi connectivity index (χ0) is 20.4. The van der Waals surface area contributed by atoms with Gasteiger partial charge in [0.1, 0.15) is 0 Å². The molecule has 2 aliphatic rings. The van der Waals surface area contributed by atoms with Crippen LogP contribution >= 0.6 is 11.6 Å². The summed E-state index contributed by atoms with van der Waals surface area (Å²) in [5.74, 6) is -0.627. The highest BCUT2D eigenvalue weighted by Gasteiger charge is 2.37. The van der Waals surface area contributed by atoms with E-state index in [-0.39, 0.29) is 53.6 Å². The number of carbonyl (C=O) groups is 4. The number of likely N-dealkylation sites (tertiary alicyclic amines) is 1. The lowest BCUT2D eigenvalue weighted by atomic mass is 10.0. The molecule has 4 amide bonds. The van der Waals surface area contributed by atoms with Crippen LogP contribution in [0.5, 0.6) is 0 Å². The molecule has 1 saturated heterocycles. The van der Waals surface area contributed by atoms with Gasteiger partial charge in [0.2, 0.25) is 5.91 Å². The van der Waals surface area contributed by atoms with Crippen LogP contribution in [0.4, 0.5) is 0 Å². The fourth-order valence-electron chi connectivity index (χ4n) is 3.66. The zero-order valence-electron chi connectivity index (χ0n) is 16.0. The summed E-state index contributed by atoms with van der Waals surface area (Å²) in [5.41, 5.74) is 1.03. The molecule has 2 aliphatic heterocycles. The first-order valence-corrected chi connectivity index (χ1v) is 10.0. The van der Waals surface area contributed by atoms with Gasteiger partial charge in [0.25, 0.3) is 17.7 Å². The second kappa shape index (κ2) is 8.31. The Balaban J connectivity index is 1.67. The number of rotatable bonds is 5. The van der Waals surface area contributed by atoms with Gasteiger partial charge in [-0.05, 0) is 44.9 Å². The summed E-state index contributed by atoms with van der Waals surface area (Å²) in [7, 11) is 0. The van der Waals surface area contributed by atoms with E-state index in [4.69, 9.17) is 11.6 Å². The highest BCUT2D eigenvalue weighted by molar-refractivity contribution is 6.22. The number of piperidine rings is 1. The normalized spacial score (nSPS) is 17.3. The molecule has 2 heterocycles. The van der Waals surface area contributed by atoms with Crippen LogP contribution in [-0.4, -0.2) is 64.5 Å². The first kappa shape index (κ1) is 20.3. The van der Waals surface area contributed by atoms with Crippen molar-refractivity contribution in [3.8, 4) is 0 Å². The summed E-state index contributed by atoms with van der Waals surface area (Å²) < 4.78 is 0. The highest BCUT2D eigenvalue weighted by atomic mass is 35.5. The van der Waals surface area contributed by atoms with Crippen LogP contribution in [0.1, 0.15) is 64.2 Å². The van der Waals surface area contributed by atoms with Crippen molar-refractivity contribution < 1.29 is 19.2 Å². The van der Waals surface area contributed by atoms with E-state index in [0.29, 0.717) is 37.1 Å². The SMILES string of the molecule is CC(C)N1C(=O)c2ccc(C(=O)N3CCC(NC(=O)CCCl)CC3)cc2C1=O. The Bertz CT molecular complexity index is 816. The lowest BCUT2D eigenvalue weighted by Gasteiger charge is -2.32. The van der Waals surface area contributed by atoms with Crippen molar-refractivity contribution in [2.75, 3.05) is 19.0 Å². The first-order valence-electron chi connectivity index (χ1n) is 9.50. The Kier molecular flexibility index (Phi) is 6.03. The van der Waals surface area contributed by atoms with Crippen molar-refractivity contribution in [2.24, 2.45) is 0 Å². The molecule has 1 aromatic carbocycles. The minimum atomic E-state index is -0.356. The molecule has 8 heteroatoms. The van der Waals surface area contributed by atoms with E-state index in [1.165, 1.54) is 11.0 Å². The topological polar surface area (TPSA) is 86.8 Å². The van der Waals surface area contributed by atoms with Crippen LogP contribution in [0.2, 0.25) is 0 Å². The van der Waals surface area contributed by atoms with Crippen LogP contribution in [-0.2, 0) is 4.79 Å². The predicted octanol–water partition coefficient (Wildman–Crippen LogP) is 2.04. The van der Waals surface area contributed by atoms with E-state index in [0.717, 1.165) is 0 Å². The molecule has 0 aromatic heterocycles. The fourth-order valence-corrected chi connectivity index (χ4v) is 3.83. The molecular formula is C20H24ClN3O4. The van der Waals surface area contributed by atoms with Gasteiger partial charge in [0, 0.05) is 43.0 Å². The van der Waals surface area contributed by atoms with E-state index in [1.807, 2.05) is 0 Å². The van der Waals surface area contributed by atoms with Crippen molar-refractivity contribution >= 4 is 35.2 Å². The van der Waals surface area contributed by atoms with Gasteiger partial charge in [-0.3, -0.25) is 24.1 Å². The van der Waals surface area contributed by atoms with Gasteiger partial charge in [-0.25, -0.2) is 0 Å². The second-order valence-electron chi connectivity index (χ2n) is 7.41. The lowest BCUT2D eigenvalue weighted by molar-refractivity contribution is -0.121. The number of nitrogens with one attached hydrogen (secondary N) is 1. The third-order valence-corrected chi connectivity index (χ3v) is 5.34. The molecule has 28 heavy (non-hydrogen) atoms. The molecule has 0 atom stereocenters. The predicted molar refractivity (Wildman–Crippen MR) is 104 cm³/mol. The molecular weight excluding hydrogens is 382 g/mol. The summed E-state index contributed by atoms with van der Waals surface area (Å²) >= 11 is 5.57. The van der Waals surface area contributed by atoms with Gasteiger partial charge in [-0.2, -0.15) is 0 Å². The Hall–Kier alpha value is -2.41. The molecule has 7 nitrogen and oxygen atoms in total. The quantitative estimate of drug-likeness (QED) is 0.600. The Labute approximate surface area is 169 Å². The molecule has 0 spiro atoms. The third-order valence-electron chi connectivity index (χ3n) is 5.15. The lowest BCUT2D eigenvalue weighted by Crippen LogP contribution is -2.46. The molecule has 1 fully saturated rings. The average Bonchev–Trinajstić information content (AvgIpc) is 2.92. The van der Waals surface area contributed by atoms with Crippen molar-refractivity contribution in [1.29, 1.82) is 0 Å².